The molecule has 0 spiro atoms. The molecule has 0 aliphatic heterocycles. The molecule has 4 atom stereocenters. The lowest BCUT2D eigenvalue weighted by atomic mass is 9.90. The van der Waals surface area contributed by atoms with Gasteiger partial charge in [-0.3, -0.25) is 48.8 Å². The number of hydrogen-bond acceptors (Lipinski definition) is 13. The van der Waals surface area contributed by atoms with Gasteiger partial charge in [0.1, 0.15) is 17.3 Å². The van der Waals surface area contributed by atoms with Crippen molar-refractivity contribution < 1.29 is 72.6 Å². The maximum atomic E-state index is 12.9. The van der Waals surface area contributed by atoms with Crippen molar-refractivity contribution in [1.29, 1.82) is 0 Å². The Labute approximate surface area is 424 Å². The minimum absolute atomic E-state index is 0.0234. The Kier molecular flexibility index (Phi) is 26.0. The predicted octanol–water partition coefficient (Wildman–Crippen LogP) is 6.80. The lowest BCUT2D eigenvalue weighted by Crippen LogP contribution is -2.47. The molecule has 21 nitrogen and oxygen atoms in total. The highest BCUT2D eigenvalue weighted by atomic mass is 16.5. The van der Waals surface area contributed by atoms with E-state index in [2.05, 4.69) is 21.3 Å². The van der Waals surface area contributed by atoms with Crippen molar-refractivity contribution >= 4 is 48.4 Å². The smallest absolute Gasteiger partial charge is 0.307 e. The van der Waals surface area contributed by atoms with Gasteiger partial charge in [-0.2, -0.15) is 0 Å². The van der Waals surface area contributed by atoms with Crippen LogP contribution in [0.2, 0.25) is 0 Å². The van der Waals surface area contributed by atoms with Gasteiger partial charge in [-0.25, -0.2) is 10.1 Å². The maximum Gasteiger partial charge on any atom is 0.307 e. The van der Waals surface area contributed by atoms with E-state index in [9.17, 15) is 48.8 Å². The molecular formula is C52H70N6O15. The van der Waals surface area contributed by atoms with Crippen LogP contribution in [0.15, 0.2) is 75.6 Å². The summed E-state index contributed by atoms with van der Waals surface area (Å²) < 4.78 is 16.9. The van der Waals surface area contributed by atoms with Crippen molar-refractivity contribution in [3.05, 3.63) is 89.4 Å². The first-order chi connectivity index (χ1) is 35.0. The number of carbonyl (C=O) groups excluding carboxylic acids is 6. The maximum absolute atomic E-state index is 12.9. The highest BCUT2D eigenvalue weighted by Gasteiger charge is 2.32. The highest BCUT2D eigenvalue weighted by molar-refractivity contribution is 5.93. The fourth-order valence-corrected chi connectivity index (χ4v) is 8.05. The van der Waals surface area contributed by atoms with Gasteiger partial charge in [-0.1, -0.05) is 103 Å². The first-order valence-corrected chi connectivity index (χ1v) is 24.5. The summed E-state index contributed by atoms with van der Waals surface area (Å²) in [6.45, 7) is 9.49. The van der Waals surface area contributed by atoms with Gasteiger partial charge in [0, 0.05) is 16.7 Å². The molecule has 21 heteroatoms. The summed E-state index contributed by atoms with van der Waals surface area (Å²) in [7, 11) is 0. The molecule has 2 heterocycles. The van der Waals surface area contributed by atoms with Crippen LogP contribution in [-0.4, -0.2) is 111 Å². The molecule has 2 aromatic carbocycles. The Bertz CT molecular complexity index is 2400. The van der Waals surface area contributed by atoms with Crippen LogP contribution in [-0.2, 0) is 41.6 Å². The number of hydroxylamine groups is 4. The normalized spacial score (nSPS) is 12.4. The number of furan rings is 2. The lowest BCUT2D eigenvalue weighted by molar-refractivity contribution is -0.169. The van der Waals surface area contributed by atoms with Gasteiger partial charge >= 0.3 is 11.9 Å². The second-order valence-electron chi connectivity index (χ2n) is 17.0. The molecule has 73 heavy (non-hydrogen) atoms. The van der Waals surface area contributed by atoms with Gasteiger partial charge in [0.15, 0.2) is 11.5 Å². The standard InChI is InChI=1S/C27H37N3O8.C25H33N3O7/c1-4-7-8-9-20(21(5-2)30(36)17-31)26(34)28-16-29-27(35)23-13-12-22(38-23)18-10-11-19(15-25(32)33)24(14-18)37-6-3;1-3-5-6-7-19(20(4-2)28(34)16-29)24(32)26-15-27-25(33)22-13-12-21(35-22)18-10-8-17(9-11-18)14-23(30)31/h10-14,17,20-21,36H,4-9,15-16H2,1-3H3,(H,28,34)(H,29,35)(H,32,33);8-13,16,19-20,34H,3-7,14-15H2,1-2H3,(H,26,32)(H,27,33)(H,30,31)/t20-,21-;19-,20-/m11/s1. The molecule has 4 rings (SSSR count). The molecule has 0 aliphatic rings. The van der Waals surface area contributed by atoms with Crippen LogP contribution < -0.4 is 26.0 Å². The number of rotatable bonds is 32. The Balaban J connectivity index is 0.000000387. The molecule has 0 radical (unpaired) electrons. The number of nitrogens with one attached hydrogen (secondary N) is 4. The Morgan fingerprint density at radius 3 is 1.45 bits per heavy atom. The number of nitrogens with zero attached hydrogens (tertiary/aromatic N) is 2. The number of ether oxygens (including phenoxy) is 1. The number of benzene rings is 2. The molecule has 0 fully saturated rings. The summed E-state index contributed by atoms with van der Waals surface area (Å²) >= 11 is 0. The van der Waals surface area contributed by atoms with E-state index < -0.39 is 47.7 Å². The van der Waals surface area contributed by atoms with E-state index in [0.717, 1.165) is 38.5 Å². The van der Waals surface area contributed by atoms with Gasteiger partial charge in [0.05, 0.1) is 56.7 Å². The van der Waals surface area contributed by atoms with E-state index in [-0.39, 0.29) is 49.5 Å². The quantitative estimate of drug-likeness (QED) is 0.00820. The molecule has 0 saturated carbocycles. The molecule has 398 valence electrons. The molecule has 6 amide bonds. The van der Waals surface area contributed by atoms with E-state index in [0.29, 0.717) is 94.8 Å². The fourth-order valence-electron chi connectivity index (χ4n) is 8.05. The first-order valence-electron chi connectivity index (χ1n) is 24.5. The second kappa shape index (κ2) is 31.7. The summed E-state index contributed by atoms with van der Waals surface area (Å²) in [5.74, 6) is -3.61. The predicted molar refractivity (Wildman–Crippen MR) is 266 cm³/mol. The van der Waals surface area contributed by atoms with E-state index in [1.165, 1.54) is 12.1 Å². The number of unbranched alkanes of at least 4 members (excludes halogenated alkanes) is 4. The average Bonchev–Trinajstić information content (AvgIpc) is 4.08. The third kappa shape index (κ3) is 19.2. The van der Waals surface area contributed by atoms with E-state index >= 15 is 0 Å². The second-order valence-corrected chi connectivity index (χ2v) is 17.0. The Morgan fingerprint density at radius 1 is 0.589 bits per heavy atom. The summed E-state index contributed by atoms with van der Waals surface area (Å²) in [4.78, 5) is 94.7. The summed E-state index contributed by atoms with van der Waals surface area (Å²) in [5, 5.41) is 49.3. The molecule has 0 bridgehead atoms. The monoisotopic (exact) mass is 1020 g/mol. The van der Waals surface area contributed by atoms with Gasteiger partial charge in [-0.05, 0) is 68.5 Å². The van der Waals surface area contributed by atoms with Crippen molar-refractivity contribution in [3.63, 3.8) is 0 Å². The third-order valence-corrected chi connectivity index (χ3v) is 11.8. The van der Waals surface area contributed by atoms with Gasteiger partial charge in [-0.15, -0.1) is 0 Å². The minimum atomic E-state index is -0.974. The molecular weight excluding hydrogens is 949 g/mol. The average molecular weight is 1020 g/mol. The van der Waals surface area contributed by atoms with Gasteiger partial charge in [0.25, 0.3) is 11.8 Å². The van der Waals surface area contributed by atoms with Gasteiger partial charge < -0.3 is 45.1 Å². The number of carboxylic acid groups (broad SMARTS) is 2. The van der Waals surface area contributed by atoms with E-state index in [1.54, 1.807) is 75.4 Å². The largest absolute Gasteiger partial charge is 0.494 e. The van der Waals surface area contributed by atoms with Crippen LogP contribution in [0.25, 0.3) is 22.6 Å². The van der Waals surface area contributed by atoms with Crippen LogP contribution in [0, 0.1) is 11.8 Å². The number of carboxylic acids is 2. The third-order valence-electron chi connectivity index (χ3n) is 11.8. The molecule has 4 aromatic rings. The van der Waals surface area contributed by atoms with Crippen molar-refractivity contribution in [2.75, 3.05) is 19.9 Å². The molecule has 8 N–H and O–H groups in total. The molecule has 2 aromatic heterocycles. The first kappa shape index (κ1) is 59.8. The van der Waals surface area contributed by atoms with Crippen LogP contribution >= 0.6 is 0 Å². The lowest BCUT2D eigenvalue weighted by Gasteiger charge is -2.29. The summed E-state index contributed by atoms with van der Waals surface area (Å²) in [6, 6.07) is 16.7. The zero-order chi connectivity index (χ0) is 53.9. The Morgan fingerprint density at radius 2 is 1.04 bits per heavy atom. The van der Waals surface area contributed by atoms with Crippen molar-refractivity contribution in [2.45, 2.75) is 124 Å². The van der Waals surface area contributed by atoms with Crippen molar-refractivity contribution in [2.24, 2.45) is 11.8 Å². The Hall–Kier alpha value is -7.52. The van der Waals surface area contributed by atoms with E-state index in [4.69, 9.17) is 23.8 Å². The number of carbonyl (C=O) groups is 8. The summed E-state index contributed by atoms with van der Waals surface area (Å²) in [5.41, 5.74) is 2.48. The van der Waals surface area contributed by atoms with Crippen molar-refractivity contribution in [3.8, 4) is 28.4 Å². The number of hydrogen-bond donors (Lipinski definition) is 8. The number of aliphatic carboxylic acids is 2. The van der Waals surface area contributed by atoms with Crippen LogP contribution in [0.5, 0.6) is 5.75 Å². The zero-order valence-electron chi connectivity index (χ0n) is 42.1. The molecule has 0 unspecified atom stereocenters. The van der Waals surface area contributed by atoms with Crippen molar-refractivity contribution in [1.82, 2.24) is 31.4 Å². The van der Waals surface area contributed by atoms with Crippen LogP contribution in [0.1, 0.15) is 131 Å². The minimum Gasteiger partial charge on any atom is -0.494 e. The number of amides is 6. The highest BCUT2D eigenvalue weighted by Crippen LogP contribution is 2.30. The van der Waals surface area contributed by atoms with E-state index in [1.807, 2.05) is 13.8 Å². The SMILES string of the molecule is CCCCC[C@@H](C(=O)NCNC(=O)c1ccc(-c2ccc(CC(=O)O)c(OCC)c2)o1)[C@@H](CC)N(O)C=O.CCCCC[C@@H](C(=O)NCNC(=O)c1ccc(-c2ccc(CC(=O)O)cc2)o1)[C@@H](CC)N(O)C=O. The zero-order valence-corrected chi connectivity index (χ0v) is 42.1. The van der Waals surface area contributed by atoms with Crippen LogP contribution in [0.3, 0.4) is 0 Å². The molecule has 0 saturated heterocycles. The van der Waals surface area contributed by atoms with Crippen LogP contribution in [0.4, 0.5) is 0 Å². The topological polar surface area (TPSA) is 308 Å². The molecule has 0 aliphatic carbocycles. The summed E-state index contributed by atoms with van der Waals surface area (Å²) in [6.07, 6.45) is 7.42. The van der Waals surface area contributed by atoms with Gasteiger partial charge in [0.2, 0.25) is 24.6 Å². The fraction of sp³-hybridized carbons (Fsp3) is 0.462.